The molecule has 0 amide bonds. The first-order valence-corrected chi connectivity index (χ1v) is 4.78. The van der Waals surface area contributed by atoms with Gasteiger partial charge in [-0.2, -0.15) is 0 Å². The van der Waals surface area contributed by atoms with Crippen LogP contribution in [0.2, 0.25) is 0 Å². The van der Waals surface area contributed by atoms with Crippen molar-refractivity contribution in [1.82, 2.24) is 0 Å². The lowest BCUT2D eigenvalue weighted by molar-refractivity contribution is -0.109. The lowest BCUT2D eigenvalue weighted by atomic mass is 9.98. The van der Waals surface area contributed by atoms with Gasteiger partial charge in [0.05, 0.1) is 5.41 Å². The highest BCUT2D eigenvalue weighted by atomic mass is 35.5. The third kappa shape index (κ3) is 1.18. The Kier molecular flexibility index (Phi) is 1.90. The molecule has 1 aliphatic carbocycles. The number of carbonyl (C=O) groups is 1. The van der Waals surface area contributed by atoms with Crippen molar-refractivity contribution >= 4 is 29.5 Å². The van der Waals surface area contributed by atoms with Crippen LogP contribution in [0.25, 0.3) is 0 Å². The largest absolute Gasteiger partial charge is 0.302 e. The second kappa shape index (κ2) is 2.73. The molecule has 0 saturated heterocycles. The van der Waals surface area contributed by atoms with Gasteiger partial charge in [0.15, 0.2) is 0 Å². The van der Waals surface area contributed by atoms with Crippen molar-refractivity contribution in [2.24, 2.45) is 0 Å². The first kappa shape index (κ1) is 9.04. The van der Waals surface area contributed by atoms with Crippen LogP contribution in [0, 0.1) is 0 Å². The molecule has 0 radical (unpaired) electrons. The number of hydrogen-bond donors (Lipinski definition) is 0. The average molecular weight is 215 g/mol. The SMILES string of the molecule is O=C[C@]1(c2ccccc2)CC1(Cl)Cl. The van der Waals surface area contributed by atoms with E-state index in [0.29, 0.717) is 6.42 Å². The van der Waals surface area contributed by atoms with Crippen LogP contribution in [0.15, 0.2) is 30.3 Å². The molecule has 3 heteroatoms. The molecule has 68 valence electrons. The van der Waals surface area contributed by atoms with Gasteiger partial charge in [-0.1, -0.05) is 30.3 Å². The fourth-order valence-corrected chi connectivity index (χ4v) is 2.28. The van der Waals surface area contributed by atoms with Crippen LogP contribution in [0.3, 0.4) is 0 Å². The molecule has 2 rings (SSSR count). The fourth-order valence-electron chi connectivity index (χ4n) is 1.55. The van der Waals surface area contributed by atoms with Crippen molar-refractivity contribution in [3.8, 4) is 0 Å². The molecule has 0 N–H and O–H groups in total. The molecule has 0 bridgehead atoms. The van der Waals surface area contributed by atoms with E-state index in [-0.39, 0.29) is 0 Å². The normalized spacial score (nSPS) is 29.7. The third-order valence-corrected chi connectivity index (χ3v) is 3.46. The molecule has 0 spiro atoms. The first-order valence-electron chi connectivity index (χ1n) is 4.02. The van der Waals surface area contributed by atoms with Gasteiger partial charge in [0, 0.05) is 6.42 Å². The van der Waals surface area contributed by atoms with E-state index in [1.54, 1.807) is 0 Å². The molecule has 1 fully saturated rings. The van der Waals surface area contributed by atoms with Crippen molar-refractivity contribution < 1.29 is 4.79 Å². The highest BCUT2D eigenvalue weighted by Gasteiger charge is 2.67. The molecule has 1 nitrogen and oxygen atoms in total. The maximum absolute atomic E-state index is 10.9. The summed E-state index contributed by atoms with van der Waals surface area (Å²) in [5.74, 6) is 0. The lowest BCUT2D eigenvalue weighted by Crippen LogP contribution is -2.16. The summed E-state index contributed by atoms with van der Waals surface area (Å²) < 4.78 is -0.907. The molecule has 1 saturated carbocycles. The predicted octanol–water partition coefficient (Wildman–Crippen LogP) is 2.70. The van der Waals surface area contributed by atoms with E-state index in [9.17, 15) is 4.79 Å². The molecule has 1 atom stereocenters. The molecular weight excluding hydrogens is 207 g/mol. The van der Waals surface area contributed by atoms with E-state index >= 15 is 0 Å². The van der Waals surface area contributed by atoms with Crippen molar-refractivity contribution in [2.45, 2.75) is 16.2 Å². The van der Waals surface area contributed by atoms with E-state index in [4.69, 9.17) is 23.2 Å². The van der Waals surface area contributed by atoms with Crippen molar-refractivity contribution in [3.63, 3.8) is 0 Å². The van der Waals surface area contributed by atoms with Gasteiger partial charge in [-0.05, 0) is 5.56 Å². The standard InChI is InChI=1S/C10H8Cl2O/c11-10(12)6-9(10,7-13)8-4-2-1-3-5-8/h1-5,7H,6H2/t9-/m0/s1. The Morgan fingerprint density at radius 3 is 2.15 bits per heavy atom. The van der Waals surface area contributed by atoms with Crippen LogP contribution in [0.1, 0.15) is 12.0 Å². The molecule has 0 aliphatic heterocycles. The molecule has 1 aliphatic rings. The molecule has 0 unspecified atom stereocenters. The van der Waals surface area contributed by atoms with Crippen molar-refractivity contribution in [1.29, 1.82) is 0 Å². The Hall–Kier alpha value is -0.530. The van der Waals surface area contributed by atoms with Crippen LogP contribution in [0.5, 0.6) is 0 Å². The summed E-state index contributed by atoms with van der Waals surface area (Å²) in [4.78, 5) is 10.9. The molecule has 0 aromatic heterocycles. The van der Waals surface area contributed by atoms with E-state index < -0.39 is 9.75 Å². The van der Waals surface area contributed by atoms with Crippen LogP contribution >= 0.6 is 23.2 Å². The molecular formula is C10H8Cl2O. The minimum atomic E-state index is -0.907. The Morgan fingerprint density at radius 2 is 1.77 bits per heavy atom. The van der Waals surface area contributed by atoms with Crippen LogP contribution in [-0.4, -0.2) is 10.6 Å². The van der Waals surface area contributed by atoms with Gasteiger partial charge in [-0.25, -0.2) is 0 Å². The monoisotopic (exact) mass is 214 g/mol. The quantitative estimate of drug-likeness (QED) is 0.547. The van der Waals surface area contributed by atoms with Gasteiger partial charge in [0.25, 0.3) is 0 Å². The topological polar surface area (TPSA) is 17.1 Å². The van der Waals surface area contributed by atoms with Crippen LogP contribution < -0.4 is 0 Å². The van der Waals surface area contributed by atoms with E-state index in [0.717, 1.165) is 11.8 Å². The van der Waals surface area contributed by atoms with E-state index in [1.165, 1.54) is 0 Å². The van der Waals surface area contributed by atoms with Crippen LogP contribution in [-0.2, 0) is 10.2 Å². The predicted molar refractivity (Wildman–Crippen MR) is 53.2 cm³/mol. The number of alkyl halides is 2. The van der Waals surface area contributed by atoms with Crippen molar-refractivity contribution in [2.75, 3.05) is 0 Å². The average Bonchev–Trinajstić information content (AvgIpc) is 2.72. The third-order valence-electron chi connectivity index (χ3n) is 2.52. The van der Waals surface area contributed by atoms with Crippen LogP contribution in [0.4, 0.5) is 0 Å². The second-order valence-corrected chi connectivity index (χ2v) is 4.82. The van der Waals surface area contributed by atoms with Gasteiger partial charge in [0.2, 0.25) is 0 Å². The highest BCUT2D eigenvalue weighted by Crippen LogP contribution is 2.63. The Balaban J connectivity index is 2.42. The number of carbonyl (C=O) groups excluding carboxylic acids is 1. The number of rotatable bonds is 2. The molecule has 1 aromatic carbocycles. The van der Waals surface area contributed by atoms with E-state index in [1.807, 2.05) is 30.3 Å². The fraction of sp³-hybridized carbons (Fsp3) is 0.300. The second-order valence-electron chi connectivity index (χ2n) is 3.34. The molecule has 1 aromatic rings. The minimum absolute atomic E-state index is 0.511. The Morgan fingerprint density at radius 1 is 1.23 bits per heavy atom. The van der Waals surface area contributed by atoms with Gasteiger partial charge in [-0.15, -0.1) is 23.2 Å². The summed E-state index contributed by atoms with van der Waals surface area (Å²) in [6.07, 6.45) is 1.36. The summed E-state index contributed by atoms with van der Waals surface area (Å²) in [5.41, 5.74) is 0.229. The summed E-state index contributed by atoms with van der Waals surface area (Å²) in [6, 6.07) is 9.40. The van der Waals surface area contributed by atoms with Crippen molar-refractivity contribution in [3.05, 3.63) is 35.9 Å². The highest BCUT2D eigenvalue weighted by molar-refractivity contribution is 6.53. The summed E-state index contributed by atoms with van der Waals surface area (Å²) in [6.45, 7) is 0. The number of halogens is 2. The summed E-state index contributed by atoms with van der Waals surface area (Å²) in [7, 11) is 0. The summed E-state index contributed by atoms with van der Waals surface area (Å²) >= 11 is 11.9. The zero-order valence-corrected chi connectivity index (χ0v) is 8.35. The smallest absolute Gasteiger partial charge is 0.136 e. The zero-order chi connectivity index (χ0) is 9.53. The van der Waals surface area contributed by atoms with Gasteiger partial charge in [0.1, 0.15) is 10.6 Å². The van der Waals surface area contributed by atoms with Gasteiger partial charge < -0.3 is 4.79 Å². The molecule has 0 heterocycles. The summed E-state index contributed by atoms with van der Waals surface area (Å²) in [5, 5.41) is 0. The number of benzene rings is 1. The number of aldehydes is 1. The maximum Gasteiger partial charge on any atom is 0.136 e. The Labute approximate surface area is 86.7 Å². The molecule has 13 heavy (non-hydrogen) atoms. The number of hydrogen-bond acceptors (Lipinski definition) is 1. The van der Waals surface area contributed by atoms with E-state index in [2.05, 4.69) is 0 Å². The van der Waals surface area contributed by atoms with Gasteiger partial charge >= 0.3 is 0 Å². The first-order chi connectivity index (χ1) is 6.12. The Bertz CT molecular complexity index is 334. The maximum atomic E-state index is 10.9. The minimum Gasteiger partial charge on any atom is -0.302 e. The lowest BCUT2D eigenvalue weighted by Gasteiger charge is -2.09. The zero-order valence-electron chi connectivity index (χ0n) is 6.84. The van der Waals surface area contributed by atoms with Gasteiger partial charge in [-0.3, -0.25) is 0 Å².